The highest BCUT2D eigenvalue weighted by Gasteiger charge is 2.24. The second-order valence-electron chi connectivity index (χ2n) is 4.85. The summed E-state index contributed by atoms with van der Waals surface area (Å²) in [5.74, 6) is 0.951. The van der Waals surface area contributed by atoms with Crippen molar-refractivity contribution in [2.75, 3.05) is 12.3 Å². The van der Waals surface area contributed by atoms with E-state index in [9.17, 15) is 13.5 Å². The molecule has 0 spiro atoms. The van der Waals surface area contributed by atoms with Crippen LogP contribution in [0.4, 0.5) is 0 Å². The minimum absolute atomic E-state index is 0.131. The molecule has 0 saturated heterocycles. The third kappa shape index (κ3) is 5.27. The second-order valence-corrected chi connectivity index (χ2v) is 6.78. The zero-order valence-corrected chi connectivity index (χ0v) is 11.0. The van der Waals surface area contributed by atoms with Crippen LogP contribution in [-0.2, 0) is 10.0 Å². The van der Waals surface area contributed by atoms with E-state index in [2.05, 4.69) is 4.72 Å². The van der Waals surface area contributed by atoms with Crippen LogP contribution >= 0.6 is 0 Å². The predicted octanol–water partition coefficient (Wildman–Crippen LogP) is 1.11. The van der Waals surface area contributed by atoms with Gasteiger partial charge in [-0.2, -0.15) is 0 Å². The van der Waals surface area contributed by atoms with E-state index in [-0.39, 0.29) is 18.2 Å². The van der Waals surface area contributed by atoms with Crippen molar-refractivity contribution in [2.45, 2.75) is 45.6 Å². The summed E-state index contributed by atoms with van der Waals surface area (Å²) in [4.78, 5) is 0. The number of aliphatic hydroxyl groups is 1. The van der Waals surface area contributed by atoms with Crippen molar-refractivity contribution in [1.82, 2.24) is 4.72 Å². The number of hydrogen-bond acceptors (Lipinski definition) is 3. The smallest absolute Gasteiger partial charge is 0.211 e. The maximum absolute atomic E-state index is 11.6. The first kappa shape index (κ1) is 13.9. The molecule has 96 valence electrons. The molecule has 4 nitrogen and oxygen atoms in total. The van der Waals surface area contributed by atoms with Crippen LogP contribution in [0.25, 0.3) is 0 Å². The molecule has 2 unspecified atom stereocenters. The summed E-state index contributed by atoms with van der Waals surface area (Å²) in [6.45, 7) is 4.04. The van der Waals surface area contributed by atoms with Gasteiger partial charge in [0.1, 0.15) is 0 Å². The lowest BCUT2D eigenvalue weighted by molar-refractivity contribution is 0.118. The molecule has 0 aromatic carbocycles. The van der Waals surface area contributed by atoms with E-state index >= 15 is 0 Å². The van der Waals surface area contributed by atoms with Crippen molar-refractivity contribution < 1.29 is 13.5 Å². The minimum Gasteiger partial charge on any atom is -0.391 e. The van der Waals surface area contributed by atoms with Gasteiger partial charge in [-0.1, -0.05) is 33.1 Å². The van der Waals surface area contributed by atoms with Crippen LogP contribution in [-0.4, -0.2) is 31.9 Å². The molecule has 0 amide bonds. The molecular formula is C11H23NO3S. The standard InChI is InChI=1S/C11H23NO3S/c1-3-9(2)11(13)8-12-16(14,15)7-6-10-4-5-10/h9-13H,3-8H2,1-2H3. The van der Waals surface area contributed by atoms with Gasteiger partial charge in [-0.3, -0.25) is 0 Å². The van der Waals surface area contributed by atoms with Gasteiger partial charge in [0.15, 0.2) is 0 Å². The first-order valence-electron chi connectivity index (χ1n) is 6.10. The van der Waals surface area contributed by atoms with E-state index in [4.69, 9.17) is 0 Å². The zero-order chi connectivity index (χ0) is 12.2. The van der Waals surface area contributed by atoms with Crippen molar-refractivity contribution in [3.05, 3.63) is 0 Å². The molecule has 0 heterocycles. The first-order chi connectivity index (χ1) is 7.44. The third-order valence-corrected chi connectivity index (χ3v) is 4.68. The van der Waals surface area contributed by atoms with Crippen LogP contribution in [0.5, 0.6) is 0 Å². The highest BCUT2D eigenvalue weighted by atomic mass is 32.2. The molecule has 0 aromatic rings. The highest BCUT2D eigenvalue weighted by Crippen LogP contribution is 2.32. The molecule has 1 aliphatic carbocycles. The lowest BCUT2D eigenvalue weighted by atomic mass is 10.0. The molecule has 1 fully saturated rings. The summed E-state index contributed by atoms with van der Waals surface area (Å²) in [6, 6.07) is 0. The Labute approximate surface area is 98.5 Å². The molecule has 5 heteroatoms. The van der Waals surface area contributed by atoms with Crippen LogP contribution in [0.2, 0.25) is 0 Å². The monoisotopic (exact) mass is 249 g/mol. The second kappa shape index (κ2) is 5.98. The fraction of sp³-hybridized carbons (Fsp3) is 1.00. The van der Waals surface area contributed by atoms with Gasteiger partial charge in [0.25, 0.3) is 0 Å². The van der Waals surface area contributed by atoms with Gasteiger partial charge in [-0.25, -0.2) is 13.1 Å². The largest absolute Gasteiger partial charge is 0.391 e. The molecule has 0 aliphatic heterocycles. The molecule has 0 aromatic heterocycles. The number of aliphatic hydroxyl groups excluding tert-OH is 1. The Morgan fingerprint density at radius 2 is 2.06 bits per heavy atom. The number of nitrogens with one attached hydrogen (secondary N) is 1. The maximum atomic E-state index is 11.6. The Bertz CT molecular complexity index is 298. The Morgan fingerprint density at radius 1 is 1.44 bits per heavy atom. The van der Waals surface area contributed by atoms with Crippen molar-refractivity contribution in [3.63, 3.8) is 0 Å². The molecule has 1 aliphatic rings. The normalized spacial score (nSPS) is 20.7. The Morgan fingerprint density at radius 3 is 2.56 bits per heavy atom. The summed E-state index contributed by atoms with van der Waals surface area (Å²) in [5, 5.41) is 9.64. The predicted molar refractivity (Wildman–Crippen MR) is 64.6 cm³/mol. The van der Waals surface area contributed by atoms with Crippen molar-refractivity contribution >= 4 is 10.0 Å². The fourth-order valence-electron chi connectivity index (χ4n) is 1.49. The van der Waals surface area contributed by atoms with E-state index in [1.165, 1.54) is 12.8 Å². The van der Waals surface area contributed by atoms with E-state index in [0.29, 0.717) is 5.92 Å². The average Bonchev–Trinajstić information content (AvgIpc) is 3.06. The topological polar surface area (TPSA) is 66.4 Å². The van der Waals surface area contributed by atoms with Gasteiger partial charge in [0.2, 0.25) is 10.0 Å². The molecule has 2 atom stereocenters. The number of rotatable bonds is 8. The first-order valence-corrected chi connectivity index (χ1v) is 7.75. The molecular weight excluding hydrogens is 226 g/mol. The molecule has 0 radical (unpaired) electrons. The van der Waals surface area contributed by atoms with Gasteiger partial charge in [0, 0.05) is 6.54 Å². The van der Waals surface area contributed by atoms with Gasteiger partial charge in [0.05, 0.1) is 11.9 Å². The van der Waals surface area contributed by atoms with Gasteiger partial charge in [-0.15, -0.1) is 0 Å². The van der Waals surface area contributed by atoms with Crippen LogP contribution in [0.1, 0.15) is 39.5 Å². The Kier molecular flexibility index (Phi) is 5.21. The lowest BCUT2D eigenvalue weighted by Gasteiger charge is -2.17. The van der Waals surface area contributed by atoms with Gasteiger partial charge < -0.3 is 5.11 Å². The number of sulfonamides is 1. The van der Waals surface area contributed by atoms with Gasteiger partial charge in [-0.05, 0) is 18.3 Å². The Hall–Kier alpha value is -0.130. The van der Waals surface area contributed by atoms with E-state index in [1.807, 2.05) is 13.8 Å². The Balaban J connectivity index is 2.23. The van der Waals surface area contributed by atoms with Crippen molar-refractivity contribution in [1.29, 1.82) is 0 Å². The summed E-state index contributed by atoms with van der Waals surface area (Å²) >= 11 is 0. The SMILES string of the molecule is CCC(C)C(O)CNS(=O)(=O)CCC1CC1. The van der Waals surface area contributed by atoms with Crippen LogP contribution < -0.4 is 4.72 Å². The van der Waals surface area contributed by atoms with Crippen molar-refractivity contribution in [3.8, 4) is 0 Å². The molecule has 0 bridgehead atoms. The van der Waals surface area contributed by atoms with Crippen LogP contribution in [0, 0.1) is 11.8 Å². The lowest BCUT2D eigenvalue weighted by Crippen LogP contribution is -2.36. The summed E-state index contributed by atoms with van der Waals surface area (Å²) in [5.41, 5.74) is 0. The van der Waals surface area contributed by atoms with E-state index < -0.39 is 16.1 Å². The molecule has 2 N–H and O–H groups in total. The summed E-state index contributed by atoms with van der Waals surface area (Å²) in [6.07, 6.45) is 3.37. The van der Waals surface area contributed by atoms with E-state index in [1.54, 1.807) is 0 Å². The van der Waals surface area contributed by atoms with Crippen LogP contribution in [0.3, 0.4) is 0 Å². The fourth-order valence-corrected chi connectivity index (χ4v) is 2.70. The van der Waals surface area contributed by atoms with Gasteiger partial charge >= 0.3 is 0 Å². The molecule has 1 saturated carbocycles. The zero-order valence-electron chi connectivity index (χ0n) is 10.1. The van der Waals surface area contributed by atoms with E-state index in [0.717, 1.165) is 12.8 Å². The quantitative estimate of drug-likeness (QED) is 0.677. The summed E-state index contributed by atoms with van der Waals surface area (Å²) < 4.78 is 25.6. The minimum atomic E-state index is -3.18. The third-order valence-electron chi connectivity index (χ3n) is 3.30. The number of hydrogen-bond donors (Lipinski definition) is 2. The summed E-state index contributed by atoms with van der Waals surface area (Å²) in [7, 11) is -3.18. The van der Waals surface area contributed by atoms with Crippen LogP contribution in [0.15, 0.2) is 0 Å². The maximum Gasteiger partial charge on any atom is 0.211 e. The molecule has 1 rings (SSSR count). The molecule has 16 heavy (non-hydrogen) atoms. The average molecular weight is 249 g/mol. The highest BCUT2D eigenvalue weighted by molar-refractivity contribution is 7.89. The van der Waals surface area contributed by atoms with Crippen molar-refractivity contribution in [2.24, 2.45) is 11.8 Å².